The molecule has 2 N–H and O–H groups in total. The van der Waals surface area contributed by atoms with Crippen LogP contribution in [0.2, 0.25) is 0 Å². The summed E-state index contributed by atoms with van der Waals surface area (Å²) in [5, 5.41) is 13.9. The zero-order valence-corrected chi connectivity index (χ0v) is 47.2. The molecule has 0 aromatic rings. The van der Waals surface area contributed by atoms with Gasteiger partial charge in [0.15, 0.2) is 0 Å². The highest BCUT2D eigenvalue weighted by Gasteiger charge is 2.23. The SMILES string of the molecule is CC/C=C\C/C=C\C/C=C\CCCCCCCC(=O)NC(COP(=O)([O-])OCC[N+](C)(C)C)C(O)/C=C/CCCCCCCCCCCCCCCCCCCCCCCCCCCCCCCC. The number of aliphatic hydroxyl groups excluding tert-OH is 1. The van der Waals surface area contributed by atoms with Crippen molar-refractivity contribution < 1.29 is 32.9 Å². The molecule has 0 aromatic carbocycles. The molecule has 0 bridgehead atoms. The molecule has 3 atom stereocenters. The Hall–Kier alpha value is -1.54. The van der Waals surface area contributed by atoms with Gasteiger partial charge in [0.05, 0.1) is 39.9 Å². The van der Waals surface area contributed by atoms with Crippen LogP contribution in [0.1, 0.15) is 277 Å². The Morgan fingerprint density at radius 2 is 0.884 bits per heavy atom. The molecule has 0 fully saturated rings. The second kappa shape index (κ2) is 51.4. The van der Waals surface area contributed by atoms with Crippen molar-refractivity contribution in [1.29, 1.82) is 0 Å². The maximum Gasteiger partial charge on any atom is 0.268 e. The molecule has 69 heavy (non-hydrogen) atoms. The Morgan fingerprint density at radius 1 is 0.522 bits per heavy atom. The largest absolute Gasteiger partial charge is 0.756 e. The first kappa shape index (κ1) is 67.5. The number of allylic oxidation sites excluding steroid dienone is 7. The average Bonchev–Trinajstić information content (AvgIpc) is 3.31. The predicted octanol–water partition coefficient (Wildman–Crippen LogP) is 17.3. The molecule has 1 amide bonds. The minimum atomic E-state index is -4.60. The van der Waals surface area contributed by atoms with Crippen LogP contribution in [0.4, 0.5) is 0 Å². The van der Waals surface area contributed by atoms with Crippen molar-refractivity contribution in [2.45, 2.75) is 289 Å². The lowest BCUT2D eigenvalue weighted by Crippen LogP contribution is -2.45. The summed E-state index contributed by atoms with van der Waals surface area (Å²) in [4.78, 5) is 25.4. The number of unbranched alkanes of at least 4 members (excludes halogenated alkanes) is 35. The van der Waals surface area contributed by atoms with Crippen LogP contribution in [0.3, 0.4) is 0 Å². The van der Waals surface area contributed by atoms with Crippen molar-refractivity contribution in [2.24, 2.45) is 0 Å². The molecule has 0 saturated heterocycles. The Morgan fingerprint density at radius 3 is 1.29 bits per heavy atom. The van der Waals surface area contributed by atoms with Crippen LogP contribution >= 0.6 is 7.82 Å². The number of quaternary nitrogens is 1. The minimum absolute atomic E-state index is 0.00566. The number of rotatable bonds is 54. The Balaban J connectivity index is 4.08. The summed E-state index contributed by atoms with van der Waals surface area (Å²) < 4.78 is 23.3. The van der Waals surface area contributed by atoms with Gasteiger partial charge in [0.2, 0.25) is 5.91 Å². The van der Waals surface area contributed by atoms with Crippen molar-refractivity contribution in [3.05, 3.63) is 48.6 Å². The first-order valence-corrected chi connectivity index (χ1v) is 31.0. The van der Waals surface area contributed by atoms with Crippen LogP contribution in [-0.4, -0.2) is 68.5 Å². The lowest BCUT2D eigenvalue weighted by molar-refractivity contribution is -0.870. The van der Waals surface area contributed by atoms with Gasteiger partial charge in [0, 0.05) is 6.42 Å². The number of aliphatic hydroxyl groups is 1. The van der Waals surface area contributed by atoms with Gasteiger partial charge in [0.25, 0.3) is 7.82 Å². The molecule has 0 heterocycles. The zero-order chi connectivity index (χ0) is 50.6. The molecule has 9 heteroatoms. The van der Waals surface area contributed by atoms with Crippen LogP contribution < -0.4 is 10.2 Å². The second-order valence-corrected chi connectivity index (χ2v) is 22.7. The number of nitrogens with zero attached hydrogens (tertiary/aromatic N) is 1. The molecular formula is C60H115N2O6P. The maximum absolute atomic E-state index is 12.9. The summed E-state index contributed by atoms with van der Waals surface area (Å²) in [5.74, 6) is -0.213. The van der Waals surface area contributed by atoms with Crippen molar-refractivity contribution in [1.82, 2.24) is 5.32 Å². The van der Waals surface area contributed by atoms with E-state index in [1.165, 1.54) is 180 Å². The van der Waals surface area contributed by atoms with Crippen LogP contribution in [0, 0.1) is 0 Å². The van der Waals surface area contributed by atoms with Gasteiger partial charge in [-0.15, -0.1) is 0 Å². The number of phosphoric ester groups is 1. The van der Waals surface area contributed by atoms with E-state index in [4.69, 9.17) is 9.05 Å². The fraction of sp³-hybridized carbons (Fsp3) is 0.850. The number of hydrogen-bond acceptors (Lipinski definition) is 6. The average molecular weight is 992 g/mol. The first-order valence-electron chi connectivity index (χ1n) is 29.5. The van der Waals surface area contributed by atoms with E-state index in [1.54, 1.807) is 6.08 Å². The van der Waals surface area contributed by atoms with E-state index >= 15 is 0 Å². The van der Waals surface area contributed by atoms with Crippen LogP contribution in [0.15, 0.2) is 48.6 Å². The number of amides is 1. The molecule has 0 radical (unpaired) electrons. The quantitative estimate of drug-likeness (QED) is 0.0272. The number of nitrogens with one attached hydrogen (secondary N) is 1. The fourth-order valence-corrected chi connectivity index (χ4v) is 9.42. The minimum Gasteiger partial charge on any atom is -0.756 e. The highest BCUT2D eigenvalue weighted by molar-refractivity contribution is 7.45. The summed E-state index contributed by atoms with van der Waals surface area (Å²) in [7, 11) is 1.25. The van der Waals surface area contributed by atoms with Crippen LogP contribution in [0.25, 0.3) is 0 Å². The maximum atomic E-state index is 12.9. The van der Waals surface area contributed by atoms with E-state index in [2.05, 4.69) is 55.6 Å². The van der Waals surface area contributed by atoms with E-state index in [0.717, 1.165) is 77.0 Å². The molecule has 0 aromatic heterocycles. The summed E-state index contributed by atoms with van der Waals surface area (Å²) >= 11 is 0. The Kier molecular flexibility index (Phi) is 50.2. The van der Waals surface area contributed by atoms with Crippen molar-refractivity contribution in [3.8, 4) is 0 Å². The van der Waals surface area contributed by atoms with E-state index < -0.39 is 20.0 Å². The first-order chi connectivity index (χ1) is 33.5. The molecular weight excluding hydrogens is 876 g/mol. The number of hydrogen-bond donors (Lipinski definition) is 2. The van der Waals surface area contributed by atoms with Gasteiger partial charge in [-0.05, 0) is 51.4 Å². The van der Waals surface area contributed by atoms with Gasteiger partial charge in [-0.25, -0.2) is 0 Å². The topological polar surface area (TPSA) is 108 Å². The van der Waals surface area contributed by atoms with Gasteiger partial charge in [-0.1, -0.05) is 268 Å². The molecule has 0 aliphatic carbocycles. The van der Waals surface area contributed by atoms with E-state index in [9.17, 15) is 19.4 Å². The van der Waals surface area contributed by atoms with Crippen molar-refractivity contribution in [2.75, 3.05) is 40.9 Å². The molecule has 0 spiro atoms. The predicted molar refractivity (Wildman–Crippen MR) is 298 cm³/mol. The molecule has 0 aliphatic rings. The molecule has 0 saturated carbocycles. The normalized spacial score (nSPS) is 14.2. The van der Waals surface area contributed by atoms with Gasteiger partial charge < -0.3 is 28.8 Å². The molecule has 0 rings (SSSR count). The molecule has 0 aliphatic heterocycles. The highest BCUT2D eigenvalue weighted by atomic mass is 31.2. The fourth-order valence-electron chi connectivity index (χ4n) is 8.70. The Labute approximate surface area is 429 Å². The molecule has 3 unspecified atom stereocenters. The van der Waals surface area contributed by atoms with Gasteiger partial charge >= 0.3 is 0 Å². The summed E-state index contributed by atoms with van der Waals surface area (Å²) in [6, 6.07) is -0.897. The third-order valence-corrected chi connectivity index (χ3v) is 14.3. The monoisotopic (exact) mass is 991 g/mol. The Bertz CT molecular complexity index is 1260. The molecule has 8 nitrogen and oxygen atoms in total. The third-order valence-electron chi connectivity index (χ3n) is 13.3. The van der Waals surface area contributed by atoms with Crippen molar-refractivity contribution in [3.63, 3.8) is 0 Å². The van der Waals surface area contributed by atoms with Gasteiger partial charge in [-0.2, -0.15) is 0 Å². The number of phosphoric acid groups is 1. The number of carbonyl (C=O) groups is 1. The van der Waals surface area contributed by atoms with Gasteiger partial charge in [-0.3, -0.25) is 9.36 Å². The number of likely N-dealkylation sites (N-methyl/N-ethyl adjacent to an activating group) is 1. The van der Waals surface area contributed by atoms with Crippen LogP contribution in [-0.2, 0) is 18.4 Å². The van der Waals surface area contributed by atoms with Gasteiger partial charge in [0.1, 0.15) is 13.2 Å². The van der Waals surface area contributed by atoms with E-state index in [0.29, 0.717) is 17.4 Å². The summed E-state index contributed by atoms with van der Waals surface area (Å²) in [6.45, 7) is 4.54. The third kappa shape index (κ3) is 54.1. The smallest absolute Gasteiger partial charge is 0.268 e. The second-order valence-electron chi connectivity index (χ2n) is 21.3. The lowest BCUT2D eigenvalue weighted by Gasteiger charge is -2.29. The van der Waals surface area contributed by atoms with E-state index in [-0.39, 0.29) is 19.1 Å². The molecule has 406 valence electrons. The number of carbonyl (C=O) groups excluding carboxylic acids is 1. The summed E-state index contributed by atoms with van der Waals surface area (Å²) in [6.07, 6.45) is 67.8. The standard InChI is InChI=1S/C60H115N2O6P/c1-6-8-10-12-14-16-18-20-22-23-24-25-26-27-28-29-30-31-32-33-34-35-36-37-38-40-41-43-45-47-49-51-53-59(63)58(57-68-69(65,66)67-56-55-62(3,4)5)61-60(64)54-52-50-48-46-44-42-39-21-19-17-15-13-11-9-7-2/h9,11,15,17,21,39,51,53,58-59,63H,6-8,10,12-14,16,18-20,22-38,40-50,52,54-57H2,1-5H3,(H-,61,64,65,66)/b11-9-,17-15-,39-21-,53-51+. The van der Waals surface area contributed by atoms with Crippen LogP contribution in [0.5, 0.6) is 0 Å². The van der Waals surface area contributed by atoms with Crippen molar-refractivity contribution >= 4 is 13.7 Å². The highest BCUT2D eigenvalue weighted by Crippen LogP contribution is 2.38. The zero-order valence-electron chi connectivity index (χ0n) is 46.3. The lowest BCUT2D eigenvalue weighted by atomic mass is 10.0. The van der Waals surface area contributed by atoms with E-state index in [1.807, 2.05) is 27.2 Å². The summed E-state index contributed by atoms with van der Waals surface area (Å²) in [5.41, 5.74) is 0.